The molecular formula is C14H26N2OS. The van der Waals surface area contributed by atoms with E-state index >= 15 is 0 Å². The summed E-state index contributed by atoms with van der Waals surface area (Å²) in [4.78, 5) is 4.78. The minimum Gasteiger partial charge on any atom is -0.385 e. The highest BCUT2D eigenvalue weighted by Gasteiger charge is 2.39. The van der Waals surface area contributed by atoms with Crippen molar-refractivity contribution in [2.75, 3.05) is 26.0 Å². The van der Waals surface area contributed by atoms with E-state index in [-0.39, 0.29) is 5.41 Å². The van der Waals surface area contributed by atoms with Crippen molar-refractivity contribution in [3.05, 3.63) is 0 Å². The molecule has 1 saturated carbocycles. The van der Waals surface area contributed by atoms with Gasteiger partial charge in [0, 0.05) is 31.6 Å². The zero-order valence-electron chi connectivity index (χ0n) is 11.9. The Morgan fingerprint density at radius 3 is 2.78 bits per heavy atom. The van der Waals surface area contributed by atoms with Crippen molar-refractivity contribution < 1.29 is 4.74 Å². The Morgan fingerprint density at radius 2 is 2.11 bits per heavy atom. The standard InChI is InChI=1S/C14H26N2OS/c1-13(2,8-9-17-3)10-15-12-16-14(11-18-12)6-4-5-7-14/h4-11H2,1-3H3,(H,15,16). The molecule has 0 amide bonds. The number of rotatable bonds is 5. The molecule has 0 bridgehead atoms. The second-order valence-corrected chi connectivity index (χ2v) is 7.39. The average Bonchev–Trinajstić information content (AvgIpc) is 2.96. The van der Waals surface area contributed by atoms with Gasteiger partial charge in [0.05, 0.1) is 0 Å². The Hall–Kier alpha value is -0.220. The number of amidine groups is 1. The average molecular weight is 270 g/mol. The lowest BCUT2D eigenvalue weighted by atomic mass is 9.90. The highest BCUT2D eigenvalue weighted by atomic mass is 32.2. The Labute approximate surface area is 115 Å². The fourth-order valence-corrected chi connectivity index (χ4v) is 3.87. The van der Waals surface area contributed by atoms with Gasteiger partial charge in [-0.2, -0.15) is 0 Å². The van der Waals surface area contributed by atoms with Gasteiger partial charge in [-0.15, -0.1) is 0 Å². The number of thioether (sulfide) groups is 1. The van der Waals surface area contributed by atoms with Crippen LogP contribution in [0.4, 0.5) is 0 Å². The Balaban J connectivity index is 1.83. The molecule has 104 valence electrons. The summed E-state index contributed by atoms with van der Waals surface area (Å²) in [5.41, 5.74) is 0.622. The van der Waals surface area contributed by atoms with E-state index in [0.717, 1.165) is 19.6 Å². The van der Waals surface area contributed by atoms with Crippen molar-refractivity contribution in [1.82, 2.24) is 5.32 Å². The highest BCUT2D eigenvalue weighted by molar-refractivity contribution is 8.14. The second-order valence-electron chi connectivity index (χ2n) is 6.43. The molecule has 1 spiro atoms. The molecule has 2 fully saturated rings. The zero-order valence-corrected chi connectivity index (χ0v) is 12.7. The van der Waals surface area contributed by atoms with Crippen LogP contribution in [-0.4, -0.2) is 36.7 Å². The molecule has 0 atom stereocenters. The van der Waals surface area contributed by atoms with E-state index in [4.69, 9.17) is 9.73 Å². The third-order valence-corrected chi connectivity index (χ3v) is 5.25. The molecule has 3 nitrogen and oxygen atoms in total. The van der Waals surface area contributed by atoms with Gasteiger partial charge in [0.15, 0.2) is 5.17 Å². The van der Waals surface area contributed by atoms with Crippen LogP contribution < -0.4 is 5.32 Å². The van der Waals surface area contributed by atoms with Crippen LogP contribution in [0.3, 0.4) is 0 Å². The minimum absolute atomic E-state index is 0.233. The maximum atomic E-state index is 5.16. The Bertz CT molecular complexity index is 309. The number of hydrogen-bond donors (Lipinski definition) is 1. The highest BCUT2D eigenvalue weighted by Crippen LogP contribution is 2.37. The molecule has 1 heterocycles. The predicted octanol–water partition coefficient (Wildman–Crippen LogP) is 3.05. The van der Waals surface area contributed by atoms with Gasteiger partial charge in [-0.25, -0.2) is 0 Å². The van der Waals surface area contributed by atoms with Gasteiger partial charge in [0.25, 0.3) is 0 Å². The van der Waals surface area contributed by atoms with Crippen molar-refractivity contribution in [2.24, 2.45) is 10.4 Å². The second kappa shape index (κ2) is 5.83. The molecule has 0 aromatic rings. The third kappa shape index (κ3) is 3.64. The van der Waals surface area contributed by atoms with Crippen LogP contribution in [0.2, 0.25) is 0 Å². The predicted molar refractivity (Wildman–Crippen MR) is 79.4 cm³/mol. The van der Waals surface area contributed by atoms with Crippen LogP contribution in [0, 0.1) is 5.41 Å². The molecule has 1 aliphatic carbocycles. The van der Waals surface area contributed by atoms with Gasteiger partial charge in [0.2, 0.25) is 0 Å². The molecular weight excluding hydrogens is 244 g/mol. The molecule has 1 saturated heterocycles. The SMILES string of the molecule is COCCC(C)(C)CN=C1NC2(CCCC2)CS1. The number of hydrogen-bond acceptors (Lipinski definition) is 3. The maximum absolute atomic E-state index is 5.16. The van der Waals surface area contributed by atoms with Gasteiger partial charge in [-0.3, -0.25) is 4.99 Å². The third-order valence-electron chi connectivity index (χ3n) is 4.05. The first kappa shape index (κ1) is 14.2. The number of ether oxygens (including phenoxy) is 1. The summed E-state index contributed by atoms with van der Waals surface area (Å²) >= 11 is 1.91. The molecule has 2 aliphatic rings. The van der Waals surface area contributed by atoms with Crippen LogP contribution in [0.15, 0.2) is 4.99 Å². The van der Waals surface area contributed by atoms with Crippen LogP contribution in [0.5, 0.6) is 0 Å². The first-order valence-corrected chi connectivity index (χ1v) is 7.98. The largest absolute Gasteiger partial charge is 0.385 e. The van der Waals surface area contributed by atoms with Crippen molar-refractivity contribution in [3.8, 4) is 0 Å². The van der Waals surface area contributed by atoms with E-state index in [1.54, 1.807) is 7.11 Å². The van der Waals surface area contributed by atoms with Crippen molar-refractivity contribution >= 4 is 16.9 Å². The van der Waals surface area contributed by atoms with Crippen LogP contribution in [0.1, 0.15) is 46.0 Å². The van der Waals surface area contributed by atoms with E-state index < -0.39 is 0 Å². The summed E-state index contributed by atoms with van der Waals surface area (Å²) < 4.78 is 5.16. The fraction of sp³-hybridized carbons (Fsp3) is 0.929. The smallest absolute Gasteiger partial charge is 0.157 e. The van der Waals surface area contributed by atoms with Gasteiger partial charge in [-0.1, -0.05) is 38.5 Å². The summed E-state index contributed by atoms with van der Waals surface area (Å²) in [7, 11) is 1.76. The number of aliphatic imine (C=N–C) groups is 1. The molecule has 0 radical (unpaired) electrons. The number of methoxy groups -OCH3 is 1. The Morgan fingerprint density at radius 1 is 1.39 bits per heavy atom. The van der Waals surface area contributed by atoms with Crippen molar-refractivity contribution in [2.45, 2.75) is 51.5 Å². The lowest BCUT2D eigenvalue weighted by Crippen LogP contribution is -2.40. The summed E-state index contributed by atoms with van der Waals surface area (Å²) in [6, 6.07) is 0. The molecule has 0 aromatic carbocycles. The lowest BCUT2D eigenvalue weighted by molar-refractivity contribution is 0.155. The quantitative estimate of drug-likeness (QED) is 0.833. The van der Waals surface area contributed by atoms with Gasteiger partial charge < -0.3 is 10.1 Å². The van der Waals surface area contributed by atoms with Crippen LogP contribution >= 0.6 is 11.8 Å². The fourth-order valence-electron chi connectivity index (χ4n) is 2.66. The van der Waals surface area contributed by atoms with E-state index in [1.165, 1.54) is 36.6 Å². The van der Waals surface area contributed by atoms with Crippen LogP contribution in [0.25, 0.3) is 0 Å². The first-order valence-electron chi connectivity index (χ1n) is 7.00. The minimum atomic E-state index is 0.233. The molecule has 1 N–H and O–H groups in total. The lowest BCUT2D eigenvalue weighted by Gasteiger charge is -2.23. The Kier molecular flexibility index (Phi) is 4.59. The topological polar surface area (TPSA) is 33.6 Å². The molecule has 0 aromatic heterocycles. The molecule has 1 aliphatic heterocycles. The maximum Gasteiger partial charge on any atom is 0.157 e. The monoisotopic (exact) mass is 270 g/mol. The molecule has 18 heavy (non-hydrogen) atoms. The zero-order chi connectivity index (χ0) is 13.1. The summed E-state index contributed by atoms with van der Waals surface area (Å²) in [5.74, 6) is 1.21. The summed E-state index contributed by atoms with van der Waals surface area (Å²) in [5, 5.41) is 4.85. The summed E-state index contributed by atoms with van der Waals surface area (Å²) in [6.45, 7) is 6.24. The van der Waals surface area contributed by atoms with Gasteiger partial charge >= 0.3 is 0 Å². The van der Waals surface area contributed by atoms with E-state index in [1.807, 2.05) is 11.8 Å². The van der Waals surface area contributed by atoms with Crippen molar-refractivity contribution in [3.63, 3.8) is 0 Å². The normalized spacial score (nSPS) is 24.9. The van der Waals surface area contributed by atoms with E-state index in [2.05, 4.69) is 19.2 Å². The van der Waals surface area contributed by atoms with E-state index in [0.29, 0.717) is 5.54 Å². The first-order chi connectivity index (χ1) is 8.55. The van der Waals surface area contributed by atoms with E-state index in [9.17, 15) is 0 Å². The molecule has 4 heteroatoms. The van der Waals surface area contributed by atoms with Crippen LogP contribution in [-0.2, 0) is 4.74 Å². The summed E-state index contributed by atoms with van der Waals surface area (Å²) in [6.07, 6.45) is 6.47. The van der Waals surface area contributed by atoms with Gasteiger partial charge in [0.1, 0.15) is 0 Å². The molecule has 0 unspecified atom stereocenters. The molecule has 2 rings (SSSR count). The van der Waals surface area contributed by atoms with Gasteiger partial charge in [-0.05, 0) is 24.7 Å². The number of nitrogens with one attached hydrogen (secondary N) is 1. The van der Waals surface area contributed by atoms with Crippen molar-refractivity contribution in [1.29, 1.82) is 0 Å². The number of nitrogens with zero attached hydrogens (tertiary/aromatic N) is 1.